The third-order valence-corrected chi connectivity index (χ3v) is 5.23. The van der Waals surface area contributed by atoms with Crippen LogP contribution in [0.4, 0.5) is 61.5 Å². The van der Waals surface area contributed by atoms with Crippen molar-refractivity contribution >= 4 is 11.9 Å². The molecule has 0 bridgehead atoms. The van der Waals surface area contributed by atoms with E-state index in [4.69, 9.17) is 0 Å². The number of hydrogen-bond donors (Lipinski definition) is 0. The maximum Gasteiger partial charge on any atom is 0.434 e. The third kappa shape index (κ3) is 9.61. The molecule has 0 fully saturated rings. The van der Waals surface area contributed by atoms with Gasteiger partial charge < -0.3 is 9.47 Å². The zero-order valence-corrected chi connectivity index (χ0v) is 20.7. The fraction of sp³-hybridized carbons (Fsp3) is 0.900. The van der Waals surface area contributed by atoms with Crippen LogP contribution in [-0.4, -0.2) is 61.2 Å². The fourth-order valence-electron chi connectivity index (χ4n) is 1.70. The van der Waals surface area contributed by atoms with E-state index in [0.29, 0.717) is 0 Å². The van der Waals surface area contributed by atoms with Gasteiger partial charge in [0.15, 0.2) is 6.61 Å². The van der Waals surface area contributed by atoms with E-state index in [0.717, 1.165) is 0 Å². The van der Waals surface area contributed by atoms with Crippen molar-refractivity contribution in [3.8, 4) is 0 Å². The molecule has 0 unspecified atom stereocenters. The molecular formula is C20H26F14O4. The monoisotopic (exact) mass is 596 g/mol. The molecule has 0 aliphatic carbocycles. The summed E-state index contributed by atoms with van der Waals surface area (Å²) in [7, 11) is 0. The summed E-state index contributed by atoms with van der Waals surface area (Å²) in [6, 6.07) is 0. The van der Waals surface area contributed by atoms with Gasteiger partial charge in [-0.25, -0.2) is 8.78 Å². The summed E-state index contributed by atoms with van der Waals surface area (Å²) in [5.41, 5.74) is -2.70. The molecule has 0 rings (SSSR count). The average Bonchev–Trinajstić information content (AvgIpc) is 2.73. The minimum atomic E-state index is -6.37. The van der Waals surface area contributed by atoms with Gasteiger partial charge in [0, 0.05) is 0 Å². The Morgan fingerprint density at radius 1 is 0.658 bits per heavy atom. The number of rotatable bonds is 10. The van der Waals surface area contributed by atoms with Crippen molar-refractivity contribution < 1.29 is 80.5 Å². The van der Waals surface area contributed by atoms with E-state index in [1.54, 1.807) is 0 Å². The molecule has 0 aromatic rings. The Kier molecular flexibility index (Phi) is 12.5. The molecule has 18 heteroatoms. The summed E-state index contributed by atoms with van der Waals surface area (Å²) in [5, 5.41) is 0. The molecule has 228 valence electrons. The Balaban J connectivity index is 0. The second-order valence-electron chi connectivity index (χ2n) is 9.12. The zero-order valence-electron chi connectivity index (χ0n) is 20.7. The highest BCUT2D eigenvalue weighted by atomic mass is 19.4. The number of carbonyl (C=O) groups excluding carboxylic acids is 2. The normalized spacial score (nSPS) is 14.3. The van der Waals surface area contributed by atoms with Crippen LogP contribution in [0.1, 0.15) is 54.4 Å². The Hall–Kier alpha value is -2.04. The van der Waals surface area contributed by atoms with Crippen molar-refractivity contribution in [3.63, 3.8) is 0 Å². The van der Waals surface area contributed by atoms with Gasteiger partial charge in [-0.1, -0.05) is 13.8 Å². The summed E-state index contributed by atoms with van der Waals surface area (Å²) in [6.45, 7) is 5.41. The van der Waals surface area contributed by atoms with Crippen LogP contribution in [0.15, 0.2) is 0 Å². The molecule has 0 heterocycles. The number of esters is 2. The number of carbonyl (C=O) groups is 2. The first-order valence-electron chi connectivity index (χ1n) is 10.4. The number of halogens is 14. The molecular weight excluding hydrogens is 570 g/mol. The van der Waals surface area contributed by atoms with E-state index in [9.17, 15) is 71.1 Å². The maximum absolute atomic E-state index is 13.1. The van der Waals surface area contributed by atoms with Crippen LogP contribution in [0, 0.1) is 10.8 Å². The first kappa shape index (κ1) is 38.1. The molecule has 0 amide bonds. The lowest BCUT2D eigenvalue weighted by molar-refractivity contribution is -0.344. The van der Waals surface area contributed by atoms with Crippen LogP contribution in [0.2, 0.25) is 0 Å². The zero-order chi connectivity index (χ0) is 31.3. The smallest absolute Gasteiger partial charge is 0.434 e. The van der Waals surface area contributed by atoms with Crippen LogP contribution in [0.25, 0.3) is 0 Å². The Bertz CT molecular complexity index is 772. The minimum Gasteiger partial charge on any atom is -0.459 e. The molecule has 0 N–H and O–H groups in total. The van der Waals surface area contributed by atoms with Crippen LogP contribution in [-0.2, 0) is 19.1 Å². The second kappa shape index (κ2) is 12.4. The average molecular weight is 596 g/mol. The highest BCUT2D eigenvalue weighted by Crippen LogP contribution is 2.48. The molecule has 0 saturated carbocycles. The lowest BCUT2D eigenvalue weighted by Crippen LogP contribution is -2.59. The lowest BCUT2D eigenvalue weighted by atomic mass is 9.90. The first-order chi connectivity index (χ1) is 16.5. The molecule has 4 nitrogen and oxygen atoms in total. The molecule has 0 aromatic heterocycles. The van der Waals surface area contributed by atoms with E-state index >= 15 is 0 Å². The summed E-state index contributed by atoms with van der Waals surface area (Å²) in [5.74, 6) is -21.1. The van der Waals surface area contributed by atoms with Crippen molar-refractivity contribution in [3.05, 3.63) is 0 Å². The molecule has 0 saturated heterocycles. The summed E-state index contributed by atoms with van der Waals surface area (Å²) < 4.78 is 180. The summed E-state index contributed by atoms with van der Waals surface area (Å²) in [6.07, 6.45) is -20.3. The Labute approximate surface area is 208 Å². The van der Waals surface area contributed by atoms with Gasteiger partial charge in [-0.2, -0.15) is 52.7 Å². The number of ether oxygens (including phenoxy) is 2. The molecule has 0 radical (unpaired) electrons. The lowest BCUT2D eigenvalue weighted by Gasteiger charge is -2.32. The second-order valence-corrected chi connectivity index (χ2v) is 9.12. The summed E-state index contributed by atoms with van der Waals surface area (Å²) in [4.78, 5) is 22.5. The van der Waals surface area contributed by atoms with Crippen molar-refractivity contribution in [2.45, 2.75) is 97.0 Å². The van der Waals surface area contributed by atoms with Gasteiger partial charge in [0.25, 0.3) is 6.10 Å². The van der Waals surface area contributed by atoms with E-state index in [1.807, 2.05) is 0 Å². The van der Waals surface area contributed by atoms with Crippen LogP contribution >= 0.6 is 0 Å². The first-order valence-corrected chi connectivity index (χ1v) is 10.4. The largest absolute Gasteiger partial charge is 0.459 e. The molecule has 0 aromatic carbocycles. The van der Waals surface area contributed by atoms with E-state index in [-0.39, 0.29) is 12.8 Å². The van der Waals surface area contributed by atoms with Gasteiger partial charge in [-0.3, -0.25) is 9.59 Å². The standard InChI is InChI=1S/C11H14F8O2.C9H12F6O2/c1-4-8(2,3)7(20)21-5-9(14,15)11(18,19)10(16,17)6(12)13;1-4-7(2,3)6(16)17-5(8(10,11)12)9(13,14)15/h6H,4-5H2,1-3H3;5H,4H2,1-3H3. The maximum atomic E-state index is 13.1. The van der Waals surface area contributed by atoms with Crippen molar-refractivity contribution in [2.24, 2.45) is 10.8 Å². The van der Waals surface area contributed by atoms with Gasteiger partial charge in [0.2, 0.25) is 0 Å². The van der Waals surface area contributed by atoms with Crippen molar-refractivity contribution in [1.29, 1.82) is 0 Å². The fourth-order valence-corrected chi connectivity index (χ4v) is 1.70. The van der Waals surface area contributed by atoms with E-state index < -0.39 is 72.0 Å². The van der Waals surface area contributed by atoms with Gasteiger partial charge in [-0.15, -0.1) is 0 Å². The van der Waals surface area contributed by atoms with Gasteiger partial charge >= 0.3 is 48.5 Å². The van der Waals surface area contributed by atoms with Gasteiger partial charge in [0.05, 0.1) is 10.8 Å². The number of alkyl halides is 14. The van der Waals surface area contributed by atoms with Crippen LogP contribution < -0.4 is 0 Å². The minimum absolute atomic E-state index is 0.0638. The SMILES string of the molecule is CCC(C)(C)C(=O)OC(C(F)(F)F)C(F)(F)F.CCC(C)(C)C(=O)OCC(F)(F)C(F)(F)C(F)(F)C(F)F. The van der Waals surface area contributed by atoms with Gasteiger partial charge in [-0.05, 0) is 40.5 Å². The summed E-state index contributed by atoms with van der Waals surface area (Å²) >= 11 is 0. The predicted octanol–water partition coefficient (Wildman–Crippen LogP) is 7.60. The molecule has 0 atom stereocenters. The van der Waals surface area contributed by atoms with Crippen LogP contribution in [0.3, 0.4) is 0 Å². The number of hydrogen-bond acceptors (Lipinski definition) is 4. The third-order valence-electron chi connectivity index (χ3n) is 5.23. The van der Waals surface area contributed by atoms with Crippen molar-refractivity contribution in [2.75, 3.05) is 6.61 Å². The quantitative estimate of drug-likeness (QED) is 0.193. The molecule has 0 spiro atoms. The highest BCUT2D eigenvalue weighted by Gasteiger charge is 2.75. The Morgan fingerprint density at radius 2 is 1.00 bits per heavy atom. The highest BCUT2D eigenvalue weighted by molar-refractivity contribution is 5.76. The van der Waals surface area contributed by atoms with E-state index in [1.165, 1.54) is 41.5 Å². The van der Waals surface area contributed by atoms with Gasteiger partial charge in [0.1, 0.15) is 0 Å². The Morgan fingerprint density at radius 3 is 1.29 bits per heavy atom. The predicted molar refractivity (Wildman–Crippen MR) is 102 cm³/mol. The molecule has 38 heavy (non-hydrogen) atoms. The van der Waals surface area contributed by atoms with E-state index in [2.05, 4.69) is 9.47 Å². The van der Waals surface area contributed by atoms with Crippen LogP contribution in [0.5, 0.6) is 0 Å². The molecule has 0 aliphatic rings. The topological polar surface area (TPSA) is 52.6 Å². The molecule has 0 aliphatic heterocycles. The van der Waals surface area contributed by atoms with Crippen molar-refractivity contribution in [1.82, 2.24) is 0 Å².